The van der Waals surface area contributed by atoms with Crippen molar-refractivity contribution in [3.05, 3.63) is 28.8 Å². The summed E-state index contributed by atoms with van der Waals surface area (Å²) in [6.07, 6.45) is 0. The lowest BCUT2D eigenvalue weighted by molar-refractivity contribution is 0.593. The lowest BCUT2D eigenvalue weighted by Gasteiger charge is -2.16. The zero-order valence-corrected chi connectivity index (χ0v) is 11.8. The fourth-order valence-corrected chi connectivity index (χ4v) is 2.79. The molecule has 6 heteroatoms. The summed E-state index contributed by atoms with van der Waals surface area (Å²) in [6, 6.07) is 6.60. The summed E-state index contributed by atoms with van der Waals surface area (Å²) in [5, 5.41) is 12.5. The van der Waals surface area contributed by atoms with E-state index in [9.17, 15) is 8.42 Å². The molecule has 1 rings (SSSR count). The molecule has 0 heterocycles. The standard InChI is InChI=1S/C12H15ClN2O2S/c1-3-18(16,17)8-9(2)15-12-6-11(13)5-4-10(12)7-14/h4-6,9,15H,3,8H2,1-2H3. The van der Waals surface area contributed by atoms with Crippen molar-refractivity contribution in [3.63, 3.8) is 0 Å². The number of sulfone groups is 1. The summed E-state index contributed by atoms with van der Waals surface area (Å²) in [5.41, 5.74) is 1.00. The van der Waals surface area contributed by atoms with Crippen molar-refractivity contribution >= 4 is 27.1 Å². The summed E-state index contributed by atoms with van der Waals surface area (Å²) in [5.74, 6) is 0.139. The Labute approximate surface area is 112 Å². The normalized spacial score (nSPS) is 12.8. The van der Waals surface area contributed by atoms with E-state index in [1.807, 2.05) is 6.07 Å². The van der Waals surface area contributed by atoms with Crippen LogP contribution in [0.25, 0.3) is 0 Å². The van der Waals surface area contributed by atoms with Crippen LogP contribution in [0.15, 0.2) is 18.2 Å². The van der Waals surface area contributed by atoms with Crippen LogP contribution in [0.4, 0.5) is 5.69 Å². The first kappa shape index (κ1) is 14.8. The largest absolute Gasteiger partial charge is 0.380 e. The van der Waals surface area contributed by atoms with Crippen LogP contribution in [-0.2, 0) is 9.84 Å². The number of nitrogens with zero attached hydrogens (tertiary/aromatic N) is 1. The van der Waals surface area contributed by atoms with Gasteiger partial charge in [0, 0.05) is 16.8 Å². The van der Waals surface area contributed by atoms with E-state index in [-0.39, 0.29) is 17.5 Å². The summed E-state index contributed by atoms with van der Waals surface area (Å²) in [6.45, 7) is 3.37. The number of rotatable bonds is 5. The molecule has 18 heavy (non-hydrogen) atoms. The first-order valence-electron chi connectivity index (χ1n) is 5.54. The molecule has 98 valence electrons. The van der Waals surface area contributed by atoms with Crippen molar-refractivity contribution in [1.82, 2.24) is 0 Å². The SMILES string of the molecule is CCS(=O)(=O)CC(C)Nc1cc(Cl)ccc1C#N. The highest BCUT2D eigenvalue weighted by molar-refractivity contribution is 7.91. The number of nitriles is 1. The minimum absolute atomic E-state index is 0.0287. The van der Waals surface area contributed by atoms with E-state index >= 15 is 0 Å². The second-order valence-electron chi connectivity index (χ2n) is 4.05. The van der Waals surface area contributed by atoms with Gasteiger partial charge in [0.25, 0.3) is 0 Å². The second kappa shape index (κ2) is 6.07. The van der Waals surface area contributed by atoms with Gasteiger partial charge in [-0.25, -0.2) is 8.42 Å². The van der Waals surface area contributed by atoms with Crippen molar-refractivity contribution in [1.29, 1.82) is 5.26 Å². The lowest BCUT2D eigenvalue weighted by Crippen LogP contribution is -2.27. The molecule has 0 aromatic heterocycles. The van der Waals surface area contributed by atoms with Gasteiger partial charge in [-0.2, -0.15) is 5.26 Å². The van der Waals surface area contributed by atoms with Gasteiger partial charge in [0.2, 0.25) is 0 Å². The molecule has 0 aliphatic carbocycles. The van der Waals surface area contributed by atoms with Gasteiger partial charge in [0.1, 0.15) is 6.07 Å². The highest BCUT2D eigenvalue weighted by Crippen LogP contribution is 2.21. The number of hydrogen-bond acceptors (Lipinski definition) is 4. The molecule has 0 aliphatic rings. The molecule has 1 N–H and O–H groups in total. The van der Waals surface area contributed by atoms with Gasteiger partial charge >= 0.3 is 0 Å². The molecule has 1 aromatic carbocycles. The van der Waals surface area contributed by atoms with Crippen LogP contribution < -0.4 is 5.32 Å². The summed E-state index contributed by atoms with van der Waals surface area (Å²) in [7, 11) is -3.05. The molecule has 0 saturated heterocycles. The van der Waals surface area contributed by atoms with E-state index in [2.05, 4.69) is 5.32 Å². The van der Waals surface area contributed by atoms with Crippen molar-refractivity contribution in [2.45, 2.75) is 19.9 Å². The van der Waals surface area contributed by atoms with Crippen molar-refractivity contribution in [2.24, 2.45) is 0 Å². The Morgan fingerprint density at radius 1 is 1.50 bits per heavy atom. The molecule has 0 bridgehead atoms. The molecule has 0 radical (unpaired) electrons. The van der Waals surface area contributed by atoms with Crippen LogP contribution in [0.5, 0.6) is 0 Å². The topological polar surface area (TPSA) is 70.0 Å². The maximum atomic E-state index is 11.5. The number of anilines is 1. The maximum Gasteiger partial charge on any atom is 0.152 e. The second-order valence-corrected chi connectivity index (χ2v) is 6.88. The van der Waals surface area contributed by atoms with Gasteiger partial charge in [-0.3, -0.25) is 0 Å². The van der Waals surface area contributed by atoms with Crippen molar-refractivity contribution in [3.8, 4) is 6.07 Å². The fraction of sp³-hybridized carbons (Fsp3) is 0.417. The molecular formula is C12H15ClN2O2S. The summed E-state index contributed by atoms with van der Waals surface area (Å²) in [4.78, 5) is 0. The average molecular weight is 287 g/mol. The molecule has 0 saturated carbocycles. The van der Waals surface area contributed by atoms with E-state index in [1.54, 1.807) is 32.0 Å². The minimum Gasteiger partial charge on any atom is -0.380 e. The molecule has 1 atom stereocenters. The first-order valence-corrected chi connectivity index (χ1v) is 7.74. The van der Waals surface area contributed by atoms with E-state index in [4.69, 9.17) is 16.9 Å². The molecule has 0 fully saturated rings. The van der Waals surface area contributed by atoms with Crippen LogP contribution in [-0.4, -0.2) is 26.0 Å². The number of hydrogen-bond donors (Lipinski definition) is 1. The third-order valence-electron chi connectivity index (χ3n) is 2.45. The van der Waals surface area contributed by atoms with E-state index in [0.717, 1.165) is 0 Å². The molecule has 0 aliphatic heterocycles. The monoisotopic (exact) mass is 286 g/mol. The Bertz CT molecular complexity index is 564. The quantitative estimate of drug-likeness (QED) is 0.902. The molecule has 1 unspecified atom stereocenters. The van der Waals surface area contributed by atoms with Crippen molar-refractivity contribution in [2.75, 3.05) is 16.8 Å². The van der Waals surface area contributed by atoms with Gasteiger partial charge in [-0.1, -0.05) is 18.5 Å². The Balaban J connectivity index is 2.85. The van der Waals surface area contributed by atoms with E-state index in [1.165, 1.54) is 0 Å². The molecular weight excluding hydrogens is 272 g/mol. The van der Waals surface area contributed by atoms with Crippen LogP contribution in [0.3, 0.4) is 0 Å². The molecule has 1 aromatic rings. The summed E-state index contributed by atoms with van der Waals surface area (Å²) >= 11 is 5.85. The molecule has 0 amide bonds. The third-order valence-corrected chi connectivity index (χ3v) is 4.57. The van der Waals surface area contributed by atoms with Crippen molar-refractivity contribution < 1.29 is 8.42 Å². The predicted octanol–water partition coefficient (Wildman–Crippen LogP) is 2.45. The zero-order chi connectivity index (χ0) is 13.8. The van der Waals surface area contributed by atoms with E-state index < -0.39 is 9.84 Å². The van der Waals surface area contributed by atoms with Crippen LogP contribution in [0, 0.1) is 11.3 Å². The Hall–Kier alpha value is -1.25. The summed E-state index contributed by atoms with van der Waals surface area (Å²) < 4.78 is 23.0. The lowest BCUT2D eigenvalue weighted by atomic mass is 10.2. The number of halogens is 1. The van der Waals surface area contributed by atoms with Gasteiger partial charge < -0.3 is 5.32 Å². The number of benzene rings is 1. The van der Waals surface area contributed by atoms with Gasteiger partial charge in [-0.15, -0.1) is 0 Å². The smallest absolute Gasteiger partial charge is 0.152 e. The minimum atomic E-state index is -3.05. The Morgan fingerprint density at radius 3 is 2.72 bits per heavy atom. The maximum absolute atomic E-state index is 11.5. The van der Waals surface area contributed by atoms with Crippen LogP contribution in [0.2, 0.25) is 5.02 Å². The van der Waals surface area contributed by atoms with Gasteiger partial charge in [0.05, 0.1) is 17.0 Å². The average Bonchev–Trinajstić information content (AvgIpc) is 2.28. The van der Waals surface area contributed by atoms with Crippen LogP contribution in [0.1, 0.15) is 19.4 Å². The zero-order valence-electron chi connectivity index (χ0n) is 10.3. The first-order chi connectivity index (χ1) is 8.38. The number of nitrogens with one attached hydrogen (secondary N) is 1. The predicted molar refractivity (Wildman–Crippen MR) is 73.6 cm³/mol. The van der Waals surface area contributed by atoms with Crippen LogP contribution >= 0.6 is 11.6 Å². The third kappa shape index (κ3) is 4.21. The van der Waals surface area contributed by atoms with E-state index in [0.29, 0.717) is 16.3 Å². The fourth-order valence-electron chi connectivity index (χ4n) is 1.54. The van der Waals surface area contributed by atoms with Gasteiger partial charge in [0.15, 0.2) is 9.84 Å². The Kier molecular flexibility index (Phi) is 5.00. The van der Waals surface area contributed by atoms with Gasteiger partial charge in [-0.05, 0) is 25.1 Å². The molecule has 0 spiro atoms. The molecule has 4 nitrogen and oxygen atoms in total. The highest BCUT2D eigenvalue weighted by Gasteiger charge is 2.14. The highest BCUT2D eigenvalue weighted by atomic mass is 35.5. The Morgan fingerprint density at radius 2 is 2.17 bits per heavy atom.